The number of aromatic hydroxyl groups is 1. The number of rotatable bonds is 7. The number of ether oxygens (including phenoxy) is 2. The summed E-state index contributed by atoms with van der Waals surface area (Å²) in [6.45, 7) is 9.40. The smallest absolute Gasteiger partial charge is 0.408 e. The number of carbonyl (C=O) groups is 2. The Morgan fingerprint density at radius 2 is 1.88 bits per heavy atom. The van der Waals surface area contributed by atoms with E-state index in [1.54, 1.807) is 39.0 Å². The number of phenolic OH excluding ortho intramolecular Hbond substituents is 1. The highest BCUT2D eigenvalue weighted by Crippen LogP contribution is 2.26. The maximum atomic E-state index is 12.4. The molecule has 26 heavy (non-hydrogen) atoms. The number of hydrogen-bond acceptors (Lipinski definition) is 5. The van der Waals surface area contributed by atoms with E-state index in [-0.39, 0.29) is 17.6 Å². The van der Waals surface area contributed by atoms with E-state index in [0.29, 0.717) is 18.7 Å². The average molecular weight is 366 g/mol. The molecule has 0 radical (unpaired) electrons. The van der Waals surface area contributed by atoms with Gasteiger partial charge in [0.15, 0.2) is 11.5 Å². The third-order valence-corrected chi connectivity index (χ3v) is 3.58. The Kier molecular flexibility index (Phi) is 7.74. The zero-order valence-corrected chi connectivity index (χ0v) is 16.4. The van der Waals surface area contributed by atoms with Crippen molar-refractivity contribution in [3.8, 4) is 11.5 Å². The molecule has 1 unspecified atom stereocenters. The molecule has 0 bridgehead atoms. The number of alkyl carbamates (subject to hydrolysis) is 1. The van der Waals surface area contributed by atoms with Gasteiger partial charge >= 0.3 is 6.09 Å². The van der Waals surface area contributed by atoms with E-state index < -0.39 is 17.7 Å². The first-order valence-corrected chi connectivity index (χ1v) is 8.66. The number of amides is 2. The fourth-order valence-electron chi connectivity index (χ4n) is 2.29. The quantitative estimate of drug-likeness (QED) is 0.689. The first kappa shape index (κ1) is 21.6. The number of nitrogens with one attached hydrogen (secondary N) is 2. The van der Waals surface area contributed by atoms with Gasteiger partial charge in [-0.2, -0.15) is 0 Å². The molecule has 1 aromatic rings. The van der Waals surface area contributed by atoms with Crippen molar-refractivity contribution >= 4 is 12.0 Å². The van der Waals surface area contributed by atoms with Crippen LogP contribution < -0.4 is 15.4 Å². The minimum absolute atomic E-state index is 0.0710. The molecule has 0 aromatic heterocycles. The molecule has 0 heterocycles. The molecule has 0 saturated heterocycles. The maximum absolute atomic E-state index is 12.4. The molecule has 1 atom stereocenters. The van der Waals surface area contributed by atoms with Gasteiger partial charge in [0, 0.05) is 6.54 Å². The van der Waals surface area contributed by atoms with Crippen molar-refractivity contribution in [2.24, 2.45) is 5.92 Å². The van der Waals surface area contributed by atoms with Crippen LogP contribution in [-0.2, 0) is 16.0 Å². The van der Waals surface area contributed by atoms with Gasteiger partial charge in [-0.25, -0.2) is 4.79 Å². The molecule has 2 amide bonds. The number of benzene rings is 1. The standard InChI is InChI=1S/C19H30N2O5/c1-12(2)16(21-18(24)26-19(3,4)5)17(23)20-10-9-13-7-8-14(22)15(11-13)25-6/h7-8,11-12,16,22H,9-10H2,1-6H3,(H,20,23)(H,21,24). The van der Waals surface area contributed by atoms with E-state index in [0.717, 1.165) is 5.56 Å². The Balaban J connectivity index is 2.58. The summed E-state index contributed by atoms with van der Waals surface area (Å²) in [6.07, 6.45) is -0.0470. The van der Waals surface area contributed by atoms with Gasteiger partial charge in [-0.3, -0.25) is 4.79 Å². The van der Waals surface area contributed by atoms with Crippen LogP contribution >= 0.6 is 0 Å². The molecule has 0 aliphatic rings. The van der Waals surface area contributed by atoms with E-state index in [9.17, 15) is 14.7 Å². The lowest BCUT2D eigenvalue weighted by atomic mass is 10.0. The topological polar surface area (TPSA) is 96.9 Å². The largest absolute Gasteiger partial charge is 0.504 e. The van der Waals surface area contributed by atoms with Crippen LogP contribution in [0.4, 0.5) is 4.79 Å². The van der Waals surface area contributed by atoms with Gasteiger partial charge < -0.3 is 25.2 Å². The lowest BCUT2D eigenvalue weighted by Crippen LogP contribution is -2.51. The number of phenols is 1. The molecule has 0 aliphatic carbocycles. The molecule has 0 spiro atoms. The summed E-state index contributed by atoms with van der Waals surface area (Å²) in [5, 5.41) is 15.0. The van der Waals surface area contributed by atoms with Crippen molar-refractivity contribution in [3.63, 3.8) is 0 Å². The van der Waals surface area contributed by atoms with E-state index in [2.05, 4.69) is 10.6 Å². The normalized spacial score (nSPS) is 12.4. The van der Waals surface area contributed by atoms with Crippen molar-refractivity contribution in [1.82, 2.24) is 10.6 Å². The summed E-state index contributed by atoms with van der Waals surface area (Å²) in [5.74, 6) is 0.107. The van der Waals surface area contributed by atoms with Crippen LogP contribution in [0.3, 0.4) is 0 Å². The van der Waals surface area contributed by atoms with Crippen molar-refractivity contribution in [3.05, 3.63) is 23.8 Å². The van der Waals surface area contributed by atoms with E-state index in [1.165, 1.54) is 7.11 Å². The predicted octanol–water partition coefficient (Wildman–Crippen LogP) is 2.61. The molecular weight excluding hydrogens is 336 g/mol. The van der Waals surface area contributed by atoms with Crippen molar-refractivity contribution in [1.29, 1.82) is 0 Å². The van der Waals surface area contributed by atoms with Gasteiger partial charge in [0.1, 0.15) is 11.6 Å². The molecule has 7 heteroatoms. The fourth-order valence-corrected chi connectivity index (χ4v) is 2.29. The van der Waals surface area contributed by atoms with Gasteiger partial charge in [-0.05, 0) is 50.8 Å². The van der Waals surface area contributed by atoms with Crippen LogP contribution in [0.15, 0.2) is 18.2 Å². The Morgan fingerprint density at radius 3 is 2.42 bits per heavy atom. The van der Waals surface area contributed by atoms with Gasteiger partial charge in [0.2, 0.25) is 5.91 Å². The highest BCUT2D eigenvalue weighted by Gasteiger charge is 2.26. The second-order valence-corrected chi connectivity index (χ2v) is 7.42. The molecule has 3 N–H and O–H groups in total. The predicted molar refractivity (Wildman–Crippen MR) is 99.4 cm³/mol. The van der Waals surface area contributed by atoms with Crippen LogP contribution in [0.2, 0.25) is 0 Å². The summed E-state index contributed by atoms with van der Waals surface area (Å²) in [7, 11) is 1.48. The van der Waals surface area contributed by atoms with E-state index in [4.69, 9.17) is 9.47 Å². The minimum atomic E-state index is -0.681. The number of carbonyl (C=O) groups excluding carboxylic acids is 2. The lowest BCUT2D eigenvalue weighted by Gasteiger charge is -2.25. The molecule has 0 saturated carbocycles. The molecule has 1 rings (SSSR count). The van der Waals surface area contributed by atoms with E-state index in [1.807, 2.05) is 13.8 Å². The third kappa shape index (κ3) is 7.21. The van der Waals surface area contributed by atoms with Crippen molar-refractivity contribution in [2.45, 2.75) is 52.7 Å². The SMILES string of the molecule is COc1cc(CCNC(=O)C(NC(=O)OC(C)(C)C)C(C)C)ccc1O. The Labute approximate surface area is 155 Å². The average Bonchev–Trinajstić information content (AvgIpc) is 2.52. The first-order chi connectivity index (χ1) is 12.0. The molecule has 146 valence electrons. The molecular formula is C19H30N2O5. The second-order valence-electron chi connectivity index (χ2n) is 7.42. The maximum Gasteiger partial charge on any atom is 0.408 e. The van der Waals surface area contributed by atoms with Gasteiger partial charge in [0.05, 0.1) is 7.11 Å². The molecule has 0 aliphatic heterocycles. The van der Waals surface area contributed by atoms with Crippen LogP contribution in [0.1, 0.15) is 40.2 Å². The van der Waals surface area contributed by atoms with Gasteiger partial charge in [-0.15, -0.1) is 0 Å². The summed E-state index contributed by atoms with van der Waals surface area (Å²) < 4.78 is 10.3. The van der Waals surface area contributed by atoms with E-state index >= 15 is 0 Å². The summed E-state index contributed by atoms with van der Waals surface area (Å²) in [6, 6.07) is 4.36. The van der Waals surface area contributed by atoms with Gasteiger partial charge in [0.25, 0.3) is 0 Å². The zero-order valence-electron chi connectivity index (χ0n) is 16.4. The molecule has 1 aromatic carbocycles. The molecule has 7 nitrogen and oxygen atoms in total. The highest BCUT2D eigenvalue weighted by atomic mass is 16.6. The Morgan fingerprint density at radius 1 is 1.23 bits per heavy atom. The second kappa shape index (κ2) is 9.31. The van der Waals surface area contributed by atoms with Crippen molar-refractivity contribution < 1.29 is 24.2 Å². The Bertz CT molecular complexity index is 623. The highest BCUT2D eigenvalue weighted by molar-refractivity contribution is 5.85. The summed E-state index contributed by atoms with van der Waals surface area (Å²) >= 11 is 0. The van der Waals surface area contributed by atoms with Crippen molar-refractivity contribution in [2.75, 3.05) is 13.7 Å². The minimum Gasteiger partial charge on any atom is -0.504 e. The zero-order chi connectivity index (χ0) is 19.9. The third-order valence-electron chi connectivity index (χ3n) is 3.58. The van der Waals surface area contributed by atoms with Crippen LogP contribution in [0.5, 0.6) is 11.5 Å². The lowest BCUT2D eigenvalue weighted by molar-refractivity contribution is -0.124. The monoisotopic (exact) mass is 366 g/mol. The number of hydrogen-bond donors (Lipinski definition) is 3. The Hall–Kier alpha value is -2.44. The van der Waals surface area contributed by atoms with Gasteiger partial charge in [-0.1, -0.05) is 19.9 Å². The van der Waals surface area contributed by atoms with Crippen LogP contribution in [-0.4, -0.2) is 42.4 Å². The summed E-state index contributed by atoms with van der Waals surface area (Å²) in [5.41, 5.74) is 0.293. The van der Waals surface area contributed by atoms with Crippen LogP contribution in [0.25, 0.3) is 0 Å². The first-order valence-electron chi connectivity index (χ1n) is 8.66. The number of methoxy groups -OCH3 is 1. The van der Waals surface area contributed by atoms with Crippen LogP contribution in [0, 0.1) is 5.92 Å². The summed E-state index contributed by atoms with van der Waals surface area (Å²) in [4.78, 5) is 24.3. The molecule has 0 fully saturated rings. The fraction of sp³-hybridized carbons (Fsp3) is 0.579.